The van der Waals surface area contributed by atoms with Gasteiger partial charge in [0.25, 0.3) is 26.0 Å². The predicted octanol–water partition coefficient (Wildman–Crippen LogP) is 5.94. The van der Waals surface area contributed by atoms with Crippen LogP contribution in [0.5, 0.6) is 0 Å². The van der Waals surface area contributed by atoms with E-state index in [1.54, 1.807) is 0 Å². The van der Waals surface area contributed by atoms with E-state index in [9.17, 15) is 26.0 Å². The molecule has 0 saturated heterocycles. The number of halogens is 4. The topological polar surface area (TPSA) is 121 Å². The first-order valence-electron chi connectivity index (χ1n) is 10.6. The number of rotatable bonds is 9. The first kappa shape index (κ1) is 29.2. The highest BCUT2D eigenvalue weighted by molar-refractivity contribution is 9.10. The summed E-state index contributed by atoms with van der Waals surface area (Å²) < 4.78 is 70.8. The Balaban J connectivity index is 2.05. The molecule has 0 heterocycles. The maximum Gasteiger partial charge on any atom is 0.262 e. The molecule has 0 atom stereocenters. The van der Waals surface area contributed by atoms with Gasteiger partial charge in [-0.2, -0.15) is 0 Å². The van der Waals surface area contributed by atoms with Crippen LogP contribution in [0.1, 0.15) is 29.3 Å². The molecule has 3 aromatic carbocycles. The molecule has 0 aliphatic rings. The second-order valence-electron chi connectivity index (χ2n) is 7.86. The minimum Gasteiger partial charge on any atom is -0.352 e. The van der Waals surface area contributed by atoms with Gasteiger partial charge in [-0.05, 0) is 83.4 Å². The minimum absolute atomic E-state index is 0.0441. The molecule has 0 aliphatic carbocycles. The lowest BCUT2D eigenvalue weighted by Gasteiger charge is -2.16. The second kappa shape index (κ2) is 11.6. The zero-order valence-corrected chi connectivity index (χ0v) is 24.1. The van der Waals surface area contributed by atoms with Crippen LogP contribution in [0.15, 0.2) is 62.8 Å². The lowest BCUT2D eigenvalue weighted by atomic mass is 10.2. The highest BCUT2D eigenvalue weighted by atomic mass is 79.9. The number of hydrogen-bond acceptors (Lipinski definition) is 5. The zero-order valence-electron chi connectivity index (χ0n) is 19.4. The molecule has 0 radical (unpaired) electrons. The highest BCUT2D eigenvalue weighted by Crippen LogP contribution is 2.29. The quantitative estimate of drug-likeness (QED) is 0.264. The number of carbonyl (C=O) groups excluding carboxylic acids is 1. The van der Waals surface area contributed by atoms with Gasteiger partial charge in [0.05, 0.1) is 20.6 Å². The Morgan fingerprint density at radius 1 is 0.946 bits per heavy atom. The molecule has 0 bridgehead atoms. The van der Waals surface area contributed by atoms with Crippen LogP contribution in [0.3, 0.4) is 0 Å². The van der Waals surface area contributed by atoms with Crippen LogP contribution in [0.25, 0.3) is 0 Å². The van der Waals surface area contributed by atoms with Gasteiger partial charge in [0, 0.05) is 22.3 Å². The van der Waals surface area contributed by atoms with Crippen molar-refractivity contribution in [2.45, 2.75) is 30.1 Å². The van der Waals surface area contributed by atoms with E-state index >= 15 is 0 Å². The molecule has 3 rings (SSSR count). The first-order chi connectivity index (χ1) is 17.2. The predicted molar refractivity (Wildman–Crippen MR) is 146 cm³/mol. The molecule has 14 heteroatoms. The van der Waals surface area contributed by atoms with Crippen LogP contribution in [-0.2, 0) is 20.0 Å². The fourth-order valence-corrected chi connectivity index (χ4v) is 6.62. The van der Waals surface area contributed by atoms with Crippen molar-refractivity contribution >= 4 is 76.5 Å². The van der Waals surface area contributed by atoms with Crippen LogP contribution in [0.2, 0.25) is 10.0 Å². The molecule has 0 aliphatic heterocycles. The van der Waals surface area contributed by atoms with Crippen molar-refractivity contribution in [2.24, 2.45) is 0 Å². The average molecular weight is 653 g/mol. The van der Waals surface area contributed by atoms with Crippen LogP contribution < -0.4 is 14.8 Å². The van der Waals surface area contributed by atoms with E-state index in [1.807, 2.05) is 6.92 Å². The molecule has 0 unspecified atom stereocenters. The van der Waals surface area contributed by atoms with Crippen molar-refractivity contribution in [3.05, 3.63) is 80.0 Å². The van der Waals surface area contributed by atoms with E-state index in [2.05, 4.69) is 30.7 Å². The van der Waals surface area contributed by atoms with Crippen molar-refractivity contribution in [3.8, 4) is 0 Å². The summed E-state index contributed by atoms with van der Waals surface area (Å²) in [6.45, 7) is 3.59. The lowest BCUT2D eigenvalue weighted by Crippen LogP contribution is -2.27. The van der Waals surface area contributed by atoms with Gasteiger partial charge in [0.2, 0.25) is 0 Å². The Hall–Kier alpha value is -2.38. The Morgan fingerprint density at radius 3 is 2.22 bits per heavy atom. The maximum absolute atomic E-state index is 13.8. The van der Waals surface area contributed by atoms with E-state index < -0.39 is 36.7 Å². The third-order valence-electron chi connectivity index (χ3n) is 4.96. The van der Waals surface area contributed by atoms with Crippen LogP contribution in [-0.4, -0.2) is 29.3 Å². The van der Waals surface area contributed by atoms with E-state index in [4.69, 9.17) is 23.2 Å². The highest BCUT2D eigenvalue weighted by Gasteiger charge is 2.25. The molecular weight excluding hydrogens is 632 g/mol. The van der Waals surface area contributed by atoms with E-state index in [0.29, 0.717) is 12.0 Å². The Labute approximate surface area is 232 Å². The van der Waals surface area contributed by atoms with Gasteiger partial charge in [0.15, 0.2) is 0 Å². The van der Waals surface area contributed by atoms with Crippen molar-refractivity contribution in [2.75, 3.05) is 16.0 Å². The van der Waals surface area contributed by atoms with Gasteiger partial charge in [0.1, 0.15) is 10.7 Å². The summed E-state index contributed by atoms with van der Waals surface area (Å²) in [5.74, 6) is -1.30. The Bertz CT molecular complexity index is 1570. The molecule has 0 aromatic heterocycles. The molecule has 37 heavy (non-hydrogen) atoms. The van der Waals surface area contributed by atoms with Crippen molar-refractivity contribution in [1.29, 1.82) is 0 Å². The average Bonchev–Trinajstić information content (AvgIpc) is 2.79. The number of carbonyl (C=O) groups is 1. The molecule has 198 valence electrons. The van der Waals surface area contributed by atoms with Gasteiger partial charge >= 0.3 is 0 Å². The molecule has 3 N–H and O–H groups in total. The van der Waals surface area contributed by atoms with Crippen molar-refractivity contribution in [3.63, 3.8) is 0 Å². The summed E-state index contributed by atoms with van der Waals surface area (Å²) in [6, 6.07) is 9.56. The summed E-state index contributed by atoms with van der Waals surface area (Å²) in [5, 5.41) is 2.79. The SMILES string of the molecule is CCCNC(=O)c1cc(NS(=O)(=O)c2cc(Cl)cc(Cl)c2)ccc1S(=O)(=O)Nc1cc(Br)c(F)cc1C. The number of anilines is 2. The molecular formula is C23H21BrCl2FN3O5S2. The summed E-state index contributed by atoms with van der Waals surface area (Å²) in [7, 11) is -8.54. The first-order valence-corrected chi connectivity index (χ1v) is 15.1. The van der Waals surface area contributed by atoms with Crippen molar-refractivity contribution < 1.29 is 26.0 Å². The lowest BCUT2D eigenvalue weighted by molar-refractivity contribution is 0.0950. The number of aryl methyl sites for hydroxylation is 1. The maximum atomic E-state index is 13.8. The third-order valence-corrected chi connectivity index (χ3v) is 8.79. The smallest absolute Gasteiger partial charge is 0.262 e. The van der Waals surface area contributed by atoms with Gasteiger partial charge in [-0.15, -0.1) is 0 Å². The van der Waals surface area contributed by atoms with E-state index in [1.165, 1.54) is 37.3 Å². The number of amides is 1. The fourth-order valence-electron chi connectivity index (χ4n) is 3.19. The monoisotopic (exact) mass is 651 g/mol. The molecule has 3 aromatic rings. The molecule has 0 fully saturated rings. The van der Waals surface area contributed by atoms with E-state index in [-0.39, 0.29) is 42.9 Å². The molecule has 0 saturated carbocycles. The third kappa shape index (κ3) is 7.14. The van der Waals surface area contributed by atoms with Gasteiger partial charge < -0.3 is 5.32 Å². The normalized spacial score (nSPS) is 11.7. The number of hydrogen-bond donors (Lipinski definition) is 3. The zero-order chi connectivity index (χ0) is 27.5. The molecule has 8 nitrogen and oxygen atoms in total. The number of sulfonamides is 2. The van der Waals surface area contributed by atoms with Gasteiger partial charge in [-0.25, -0.2) is 21.2 Å². The molecule has 0 spiro atoms. The summed E-state index contributed by atoms with van der Waals surface area (Å²) in [6.07, 6.45) is 0.580. The van der Waals surface area contributed by atoms with Crippen LogP contribution in [0, 0.1) is 12.7 Å². The second-order valence-corrected chi connectivity index (χ2v) is 12.9. The summed E-state index contributed by atoms with van der Waals surface area (Å²) >= 11 is 14.8. The van der Waals surface area contributed by atoms with Crippen molar-refractivity contribution in [1.82, 2.24) is 5.32 Å². The standard InChI is InChI=1S/C23H21BrCl2FN3O5S2/c1-3-6-28-23(31)18-11-16(29-36(32,33)17-9-14(25)8-15(26)10-17)4-5-22(18)37(34,35)30-21-12-19(24)20(27)7-13(21)2/h4-5,7-12,29-30H,3,6H2,1-2H3,(H,28,31). The summed E-state index contributed by atoms with van der Waals surface area (Å²) in [5.41, 5.74) is 0.0307. The van der Waals surface area contributed by atoms with Crippen LogP contribution >= 0.6 is 39.1 Å². The largest absolute Gasteiger partial charge is 0.352 e. The number of nitrogens with one attached hydrogen (secondary N) is 3. The molecule has 1 amide bonds. The van der Waals surface area contributed by atoms with Gasteiger partial charge in [-0.1, -0.05) is 30.1 Å². The van der Waals surface area contributed by atoms with E-state index in [0.717, 1.165) is 18.2 Å². The summed E-state index contributed by atoms with van der Waals surface area (Å²) in [4.78, 5) is 12.3. The van der Waals surface area contributed by atoms with Crippen LogP contribution in [0.4, 0.5) is 15.8 Å². The minimum atomic E-state index is -4.36. The number of benzene rings is 3. The van der Waals surface area contributed by atoms with Gasteiger partial charge in [-0.3, -0.25) is 14.2 Å². The Morgan fingerprint density at radius 2 is 1.59 bits per heavy atom. The fraction of sp³-hybridized carbons (Fsp3) is 0.174. The Kier molecular flexibility index (Phi) is 9.12.